The van der Waals surface area contributed by atoms with Crippen molar-refractivity contribution in [3.8, 4) is 10.9 Å². The Morgan fingerprint density at radius 1 is 1.38 bits per heavy atom. The van der Waals surface area contributed by atoms with Gasteiger partial charge in [-0.2, -0.15) is 4.52 Å². The van der Waals surface area contributed by atoms with Crippen LogP contribution in [0.3, 0.4) is 0 Å². The molecule has 3 rings (SSSR count). The number of rotatable bonds is 3. The van der Waals surface area contributed by atoms with Gasteiger partial charge in [0.1, 0.15) is 11.6 Å². The molecule has 5 nitrogen and oxygen atoms in total. The maximum Gasteiger partial charge on any atom is 0.299 e. The second-order valence-electron chi connectivity index (χ2n) is 4.51. The molecule has 0 unspecified atom stereocenters. The van der Waals surface area contributed by atoms with E-state index in [1.165, 1.54) is 16.6 Å². The van der Waals surface area contributed by atoms with Gasteiger partial charge in [-0.3, -0.25) is 4.79 Å². The monoisotopic (exact) mass is 305 g/mol. The Kier molecular flexibility index (Phi) is 3.42. The van der Waals surface area contributed by atoms with Gasteiger partial charge in [-0.05, 0) is 36.3 Å². The summed E-state index contributed by atoms with van der Waals surface area (Å²) < 4.78 is 20.2. The van der Waals surface area contributed by atoms with Crippen LogP contribution >= 0.6 is 11.3 Å². The molecule has 0 aliphatic heterocycles. The molecule has 21 heavy (non-hydrogen) atoms. The highest BCUT2D eigenvalue weighted by Gasteiger charge is 2.11. The molecule has 0 amide bonds. The summed E-state index contributed by atoms with van der Waals surface area (Å²) in [5, 5.41) is 4.30. The van der Waals surface area contributed by atoms with E-state index in [0.717, 1.165) is 11.3 Å². The molecule has 3 aromatic rings. The van der Waals surface area contributed by atoms with Crippen LogP contribution in [0.15, 0.2) is 29.1 Å². The van der Waals surface area contributed by atoms with Crippen LogP contribution in [0.25, 0.3) is 4.96 Å². The first-order valence-electron chi connectivity index (χ1n) is 6.40. The van der Waals surface area contributed by atoms with Crippen molar-refractivity contribution >= 4 is 16.3 Å². The van der Waals surface area contributed by atoms with Crippen molar-refractivity contribution in [2.24, 2.45) is 0 Å². The molecule has 0 atom stereocenters. The number of benzene rings is 1. The summed E-state index contributed by atoms with van der Waals surface area (Å²) in [6.45, 7) is 3.60. The molecule has 0 N–H and O–H groups in total. The number of ether oxygens (including phenoxy) is 1. The minimum Gasteiger partial charge on any atom is -0.430 e. The van der Waals surface area contributed by atoms with Gasteiger partial charge in [-0.1, -0.05) is 13.0 Å². The number of aromatic nitrogens is 3. The van der Waals surface area contributed by atoms with Gasteiger partial charge in [-0.25, -0.2) is 9.37 Å². The van der Waals surface area contributed by atoms with E-state index in [2.05, 4.69) is 10.1 Å². The van der Waals surface area contributed by atoms with Crippen LogP contribution in [0.5, 0.6) is 10.9 Å². The zero-order valence-electron chi connectivity index (χ0n) is 11.5. The number of aryl methyl sites for hydroxylation is 2. The molecule has 0 saturated heterocycles. The molecular formula is C14H12FN3O2S. The SMILES string of the molecule is CCc1cc(=O)n2nc(Oc3ccc(C)c(F)c3)sc2n1. The van der Waals surface area contributed by atoms with Crippen LogP contribution < -0.4 is 10.3 Å². The van der Waals surface area contributed by atoms with Crippen LogP contribution in [-0.2, 0) is 6.42 Å². The molecule has 0 saturated carbocycles. The number of fused-ring (bicyclic) bond motifs is 1. The zero-order valence-corrected chi connectivity index (χ0v) is 12.3. The molecule has 0 bridgehead atoms. The highest BCUT2D eigenvalue weighted by molar-refractivity contribution is 7.18. The maximum absolute atomic E-state index is 13.5. The van der Waals surface area contributed by atoms with E-state index in [4.69, 9.17) is 4.74 Å². The Morgan fingerprint density at radius 3 is 2.90 bits per heavy atom. The Balaban J connectivity index is 1.99. The standard InChI is InChI=1S/C14H12FN3O2S/c1-3-9-6-12(19)18-13(16-9)21-14(17-18)20-10-5-4-8(2)11(15)7-10/h4-7H,3H2,1-2H3. The lowest BCUT2D eigenvalue weighted by atomic mass is 10.2. The molecule has 108 valence electrons. The molecule has 0 aliphatic carbocycles. The quantitative estimate of drug-likeness (QED) is 0.746. The van der Waals surface area contributed by atoms with Crippen molar-refractivity contribution < 1.29 is 9.13 Å². The topological polar surface area (TPSA) is 56.5 Å². The number of hydrogen-bond donors (Lipinski definition) is 0. The van der Waals surface area contributed by atoms with Crippen molar-refractivity contribution in [1.82, 2.24) is 14.6 Å². The summed E-state index contributed by atoms with van der Waals surface area (Å²) in [6, 6.07) is 6.01. The highest BCUT2D eigenvalue weighted by Crippen LogP contribution is 2.26. The lowest BCUT2D eigenvalue weighted by molar-refractivity contribution is 0.464. The Bertz CT molecular complexity index is 872. The Hall–Kier alpha value is -2.28. The van der Waals surface area contributed by atoms with Gasteiger partial charge in [0, 0.05) is 17.8 Å². The van der Waals surface area contributed by atoms with Gasteiger partial charge >= 0.3 is 0 Å². The van der Waals surface area contributed by atoms with Crippen LogP contribution in [0, 0.1) is 12.7 Å². The third kappa shape index (κ3) is 2.64. The first-order chi connectivity index (χ1) is 10.1. The molecule has 2 heterocycles. The predicted molar refractivity (Wildman–Crippen MR) is 77.7 cm³/mol. The van der Waals surface area contributed by atoms with Crippen LogP contribution in [-0.4, -0.2) is 14.6 Å². The van der Waals surface area contributed by atoms with E-state index in [0.29, 0.717) is 28.4 Å². The molecular weight excluding hydrogens is 293 g/mol. The molecule has 0 radical (unpaired) electrons. The van der Waals surface area contributed by atoms with E-state index in [-0.39, 0.29) is 16.6 Å². The van der Waals surface area contributed by atoms with Crippen molar-refractivity contribution in [2.45, 2.75) is 20.3 Å². The largest absolute Gasteiger partial charge is 0.430 e. The molecule has 0 fully saturated rings. The second-order valence-corrected chi connectivity index (χ2v) is 5.43. The molecule has 0 spiro atoms. The van der Waals surface area contributed by atoms with Gasteiger partial charge < -0.3 is 4.74 Å². The first kappa shape index (κ1) is 13.7. The van der Waals surface area contributed by atoms with E-state index in [1.807, 2.05) is 6.92 Å². The summed E-state index contributed by atoms with van der Waals surface area (Å²) in [6.07, 6.45) is 0.670. The average Bonchev–Trinajstić information content (AvgIpc) is 2.86. The molecule has 7 heteroatoms. The average molecular weight is 305 g/mol. The lowest BCUT2D eigenvalue weighted by Gasteiger charge is -2.02. The van der Waals surface area contributed by atoms with E-state index < -0.39 is 0 Å². The first-order valence-corrected chi connectivity index (χ1v) is 7.22. The fourth-order valence-electron chi connectivity index (χ4n) is 1.80. The molecule has 0 aliphatic rings. The van der Waals surface area contributed by atoms with Crippen molar-refractivity contribution in [3.05, 3.63) is 51.7 Å². The van der Waals surface area contributed by atoms with Gasteiger partial charge in [0.05, 0.1) is 0 Å². The minimum absolute atomic E-state index is 0.246. The van der Waals surface area contributed by atoms with Crippen molar-refractivity contribution in [1.29, 1.82) is 0 Å². The van der Waals surface area contributed by atoms with Crippen LogP contribution in [0.1, 0.15) is 18.2 Å². The summed E-state index contributed by atoms with van der Waals surface area (Å²) >= 11 is 1.14. The zero-order chi connectivity index (χ0) is 15.0. The van der Waals surface area contributed by atoms with Crippen molar-refractivity contribution in [2.75, 3.05) is 0 Å². The predicted octanol–water partition coefficient (Wildman–Crippen LogP) is 2.95. The van der Waals surface area contributed by atoms with Gasteiger partial charge in [0.15, 0.2) is 0 Å². The summed E-state index contributed by atoms with van der Waals surface area (Å²) in [5.41, 5.74) is 0.992. The summed E-state index contributed by atoms with van der Waals surface area (Å²) in [5.74, 6) is -0.0157. The van der Waals surface area contributed by atoms with Crippen molar-refractivity contribution in [3.63, 3.8) is 0 Å². The van der Waals surface area contributed by atoms with E-state index in [1.54, 1.807) is 19.1 Å². The maximum atomic E-state index is 13.5. The number of halogens is 1. The molecule has 1 aromatic carbocycles. The van der Waals surface area contributed by atoms with Gasteiger partial charge in [-0.15, -0.1) is 5.10 Å². The minimum atomic E-state index is -0.350. The summed E-state index contributed by atoms with van der Waals surface area (Å²) in [4.78, 5) is 16.6. The van der Waals surface area contributed by atoms with E-state index in [9.17, 15) is 9.18 Å². The third-order valence-electron chi connectivity index (χ3n) is 2.99. The lowest BCUT2D eigenvalue weighted by Crippen LogP contribution is -2.14. The van der Waals surface area contributed by atoms with Crippen LogP contribution in [0.2, 0.25) is 0 Å². The van der Waals surface area contributed by atoms with Gasteiger partial charge in [0.2, 0.25) is 4.96 Å². The Morgan fingerprint density at radius 2 is 2.19 bits per heavy atom. The highest BCUT2D eigenvalue weighted by atomic mass is 32.1. The Labute approximate surface area is 123 Å². The second kappa shape index (κ2) is 5.25. The van der Waals surface area contributed by atoms with Gasteiger partial charge in [0.25, 0.3) is 10.8 Å². The summed E-state index contributed by atoms with van der Waals surface area (Å²) in [7, 11) is 0. The smallest absolute Gasteiger partial charge is 0.299 e. The third-order valence-corrected chi connectivity index (χ3v) is 3.78. The van der Waals surface area contributed by atoms with Crippen LogP contribution in [0.4, 0.5) is 4.39 Å². The number of hydrogen-bond acceptors (Lipinski definition) is 5. The molecule has 2 aromatic heterocycles. The fourth-order valence-corrected chi connectivity index (χ4v) is 2.60. The fraction of sp³-hybridized carbons (Fsp3) is 0.214. The normalized spacial score (nSPS) is 11.0. The number of nitrogens with zero attached hydrogens (tertiary/aromatic N) is 3. The van der Waals surface area contributed by atoms with E-state index >= 15 is 0 Å².